The quantitative estimate of drug-likeness (QED) is 0.893. The highest BCUT2D eigenvalue weighted by Crippen LogP contribution is 2.38. The molecule has 1 fully saturated rings. The number of rotatable bonds is 3. The molecule has 0 unspecified atom stereocenters. The molecule has 0 bridgehead atoms. The number of nitrogens with one attached hydrogen (secondary N) is 1. The van der Waals surface area contributed by atoms with E-state index in [9.17, 15) is 4.79 Å². The van der Waals surface area contributed by atoms with Gasteiger partial charge in [-0.25, -0.2) is 0 Å². The van der Waals surface area contributed by atoms with Crippen LogP contribution in [0.3, 0.4) is 0 Å². The van der Waals surface area contributed by atoms with Crippen molar-refractivity contribution in [3.05, 3.63) is 35.5 Å². The molecule has 1 amide bonds. The van der Waals surface area contributed by atoms with Crippen LogP contribution >= 0.6 is 0 Å². The van der Waals surface area contributed by atoms with Crippen molar-refractivity contribution in [1.29, 1.82) is 0 Å². The Bertz CT molecular complexity index is 803. The van der Waals surface area contributed by atoms with E-state index in [0.717, 1.165) is 55.8 Å². The van der Waals surface area contributed by atoms with E-state index in [4.69, 9.17) is 4.74 Å². The summed E-state index contributed by atoms with van der Waals surface area (Å²) in [4.78, 5) is 15.3. The van der Waals surface area contributed by atoms with E-state index in [1.807, 2.05) is 24.3 Å². The Kier molecular flexibility index (Phi) is 4.94. The molecule has 4 rings (SSSR count). The lowest BCUT2D eigenvalue weighted by molar-refractivity contribution is -0.143. The number of benzene rings is 1. The van der Waals surface area contributed by atoms with Crippen molar-refractivity contribution in [2.45, 2.75) is 51.9 Å². The standard InChI is InChI=1S/C22H29N3O2/c1-22(12-4-3-5-13-22)21(26)25-14-10-18-19(11-15-25)23-24-20(18)16-6-8-17(27-2)9-7-16/h6-9H,3-5,10-15H2,1-2H3,(H,23,24). The number of carbonyl (C=O) groups excluding carboxylic acids is 1. The molecule has 2 heterocycles. The monoisotopic (exact) mass is 367 g/mol. The van der Waals surface area contributed by atoms with Crippen LogP contribution in [0, 0.1) is 5.41 Å². The van der Waals surface area contributed by atoms with Crippen molar-refractivity contribution in [1.82, 2.24) is 15.1 Å². The minimum atomic E-state index is -0.159. The first kappa shape index (κ1) is 18.1. The maximum Gasteiger partial charge on any atom is 0.228 e. The van der Waals surface area contributed by atoms with Gasteiger partial charge in [0.05, 0.1) is 12.8 Å². The summed E-state index contributed by atoms with van der Waals surface area (Å²) in [5.41, 5.74) is 4.36. The molecule has 1 N–H and O–H groups in total. The highest BCUT2D eigenvalue weighted by Gasteiger charge is 2.38. The van der Waals surface area contributed by atoms with E-state index < -0.39 is 0 Å². The predicted octanol–water partition coefficient (Wildman–Crippen LogP) is 3.98. The normalized spacial score (nSPS) is 19.3. The Labute approximate surface area is 161 Å². The number of hydrogen-bond donors (Lipinski definition) is 1. The van der Waals surface area contributed by atoms with Gasteiger partial charge in [-0.05, 0) is 43.5 Å². The first-order chi connectivity index (χ1) is 13.1. The van der Waals surface area contributed by atoms with Crippen LogP contribution in [0.15, 0.2) is 24.3 Å². The minimum Gasteiger partial charge on any atom is -0.497 e. The minimum absolute atomic E-state index is 0.159. The number of nitrogens with zero attached hydrogens (tertiary/aromatic N) is 2. The lowest BCUT2D eigenvalue weighted by Gasteiger charge is -2.36. The second-order valence-electron chi connectivity index (χ2n) is 8.17. The van der Waals surface area contributed by atoms with Gasteiger partial charge in [-0.15, -0.1) is 0 Å². The molecule has 27 heavy (non-hydrogen) atoms. The fourth-order valence-corrected chi connectivity index (χ4v) is 4.60. The molecule has 0 saturated heterocycles. The number of carbonyl (C=O) groups is 1. The van der Waals surface area contributed by atoms with E-state index in [-0.39, 0.29) is 5.41 Å². The number of methoxy groups -OCH3 is 1. The van der Waals surface area contributed by atoms with Gasteiger partial charge in [0.1, 0.15) is 5.75 Å². The third kappa shape index (κ3) is 3.47. The van der Waals surface area contributed by atoms with E-state index in [1.165, 1.54) is 30.5 Å². The summed E-state index contributed by atoms with van der Waals surface area (Å²) in [7, 11) is 1.67. The van der Waals surface area contributed by atoms with Crippen LogP contribution in [0.2, 0.25) is 0 Å². The summed E-state index contributed by atoms with van der Waals surface area (Å²) >= 11 is 0. The number of hydrogen-bond acceptors (Lipinski definition) is 3. The fourth-order valence-electron chi connectivity index (χ4n) is 4.60. The molecule has 0 radical (unpaired) electrons. The predicted molar refractivity (Wildman–Crippen MR) is 106 cm³/mol. The SMILES string of the molecule is COc1ccc(-c2n[nH]c3c2CCN(C(=O)C2(C)CCCCC2)CC3)cc1. The van der Waals surface area contributed by atoms with Crippen molar-refractivity contribution in [2.24, 2.45) is 5.41 Å². The zero-order chi connectivity index (χ0) is 18.9. The molecule has 1 aromatic carbocycles. The van der Waals surface area contributed by atoms with Crippen LogP contribution in [0.5, 0.6) is 5.75 Å². The van der Waals surface area contributed by atoms with Crippen LogP contribution < -0.4 is 4.74 Å². The maximum atomic E-state index is 13.2. The first-order valence-corrected chi connectivity index (χ1v) is 10.1. The van der Waals surface area contributed by atoms with Gasteiger partial charge < -0.3 is 9.64 Å². The molecular weight excluding hydrogens is 338 g/mol. The van der Waals surface area contributed by atoms with Crippen molar-refractivity contribution in [3.8, 4) is 17.0 Å². The van der Waals surface area contributed by atoms with Crippen LogP contribution in [-0.4, -0.2) is 41.2 Å². The van der Waals surface area contributed by atoms with Crippen molar-refractivity contribution in [2.75, 3.05) is 20.2 Å². The Balaban J connectivity index is 1.52. The van der Waals surface area contributed by atoms with Gasteiger partial charge in [-0.1, -0.05) is 26.2 Å². The third-order valence-electron chi connectivity index (χ3n) is 6.34. The zero-order valence-electron chi connectivity index (χ0n) is 16.4. The van der Waals surface area contributed by atoms with Crippen molar-refractivity contribution < 1.29 is 9.53 Å². The van der Waals surface area contributed by atoms with Gasteiger partial charge in [-0.3, -0.25) is 9.89 Å². The summed E-state index contributed by atoms with van der Waals surface area (Å²) in [5.74, 6) is 1.20. The summed E-state index contributed by atoms with van der Waals surface area (Å²) < 4.78 is 5.25. The molecule has 1 aromatic heterocycles. The summed E-state index contributed by atoms with van der Waals surface area (Å²) in [5, 5.41) is 7.79. The number of aromatic amines is 1. The molecule has 0 spiro atoms. The van der Waals surface area contributed by atoms with Crippen LogP contribution in [-0.2, 0) is 17.6 Å². The molecule has 5 heteroatoms. The molecule has 2 aliphatic rings. The van der Waals surface area contributed by atoms with Crippen molar-refractivity contribution in [3.63, 3.8) is 0 Å². The van der Waals surface area contributed by atoms with Gasteiger partial charge in [0.2, 0.25) is 5.91 Å². The van der Waals surface area contributed by atoms with Crippen LogP contribution in [0.25, 0.3) is 11.3 Å². The topological polar surface area (TPSA) is 58.2 Å². The third-order valence-corrected chi connectivity index (χ3v) is 6.34. The Morgan fingerprint density at radius 3 is 2.52 bits per heavy atom. The number of ether oxygens (including phenoxy) is 1. The van der Waals surface area contributed by atoms with Crippen molar-refractivity contribution >= 4 is 5.91 Å². The Hall–Kier alpha value is -2.30. The van der Waals surface area contributed by atoms with E-state index in [2.05, 4.69) is 22.0 Å². The van der Waals surface area contributed by atoms with Gasteiger partial charge in [0.25, 0.3) is 0 Å². The zero-order valence-corrected chi connectivity index (χ0v) is 16.4. The van der Waals surface area contributed by atoms with E-state index >= 15 is 0 Å². The van der Waals surface area contributed by atoms with Gasteiger partial charge >= 0.3 is 0 Å². The smallest absolute Gasteiger partial charge is 0.228 e. The van der Waals surface area contributed by atoms with Gasteiger partial charge in [-0.2, -0.15) is 5.10 Å². The molecule has 144 valence electrons. The summed E-state index contributed by atoms with van der Waals surface area (Å²) in [6.45, 7) is 3.73. The molecule has 1 saturated carbocycles. The summed E-state index contributed by atoms with van der Waals surface area (Å²) in [6, 6.07) is 8.03. The number of fused-ring (bicyclic) bond motifs is 1. The van der Waals surface area contributed by atoms with Gasteiger partial charge in [0.15, 0.2) is 0 Å². The number of amides is 1. The second kappa shape index (κ2) is 7.37. The van der Waals surface area contributed by atoms with Crippen LogP contribution in [0.4, 0.5) is 0 Å². The second-order valence-corrected chi connectivity index (χ2v) is 8.17. The average molecular weight is 367 g/mol. The molecule has 0 atom stereocenters. The lowest BCUT2D eigenvalue weighted by atomic mass is 9.74. The lowest BCUT2D eigenvalue weighted by Crippen LogP contribution is -2.44. The number of H-pyrrole nitrogens is 1. The molecule has 1 aliphatic carbocycles. The average Bonchev–Trinajstić information content (AvgIpc) is 2.99. The first-order valence-electron chi connectivity index (χ1n) is 10.1. The Morgan fingerprint density at radius 1 is 1.11 bits per heavy atom. The van der Waals surface area contributed by atoms with Crippen LogP contribution in [0.1, 0.15) is 50.3 Å². The van der Waals surface area contributed by atoms with E-state index in [0.29, 0.717) is 5.91 Å². The molecular formula is C22H29N3O2. The molecule has 1 aliphatic heterocycles. The molecule has 2 aromatic rings. The maximum absolute atomic E-state index is 13.2. The largest absolute Gasteiger partial charge is 0.497 e. The summed E-state index contributed by atoms with van der Waals surface area (Å²) in [6.07, 6.45) is 7.40. The fraction of sp³-hybridized carbons (Fsp3) is 0.545. The van der Waals surface area contributed by atoms with E-state index in [1.54, 1.807) is 7.11 Å². The highest BCUT2D eigenvalue weighted by atomic mass is 16.5. The highest BCUT2D eigenvalue weighted by molar-refractivity contribution is 5.82. The number of aromatic nitrogens is 2. The van der Waals surface area contributed by atoms with Gasteiger partial charge in [0, 0.05) is 41.7 Å². The molecule has 5 nitrogen and oxygen atoms in total. The Morgan fingerprint density at radius 2 is 1.81 bits per heavy atom.